The van der Waals surface area contributed by atoms with E-state index in [0.29, 0.717) is 27.7 Å². The summed E-state index contributed by atoms with van der Waals surface area (Å²) in [7, 11) is -2.50. The number of hydrogen-bond acceptors (Lipinski definition) is 7. The topological polar surface area (TPSA) is 146 Å². The van der Waals surface area contributed by atoms with Gasteiger partial charge in [-0.1, -0.05) is 24.3 Å². The van der Waals surface area contributed by atoms with Gasteiger partial charge in [0.25, 0.3) is 5.56 Å². The van der Waals surface area contributed by atoms with Crippen LogP contribution in [0.3, 0.4) is 0 Å². The lowest BCUT2D eigenvalue weighted by atomic mass is 10.1. The van der Waals surface area contributed by atoms with E-state index in [1.165, 1.54) is 23.9 Å². The Morgan fingerprint density at radius 3 is 2.43 bits per heavy atom. The number of anilines is 2. The Kier molecular flexibility index (Phi) is 4.72. The van der Waals surface area contributed by atoms with Crippen LogP contribution < -0.4 is 21.7 Å². The van der Waals surface area contributed by atoms with E-state index in [4.69, 9.17) is 11.5 Å². The van der Waals surface area contributed by atoms with Crippen LogP contribution in [0.4, 0.5) is 11.8 Å². The highest BCUT2D eigenvalue weighted by atomic mass is 32.2. The summed E-state index contributed by atoms with van der Waals surface area (Å²) >= 11 is 0. The predicted molar refractivity (Wildman–Crippen MR) is 116 cm³/mol. The molecule has 4 rings (SSSR count). The van der Waals surface area contributed by atoms with Crippen molar-refractivity contribution >= 4 is 32.7 Å². The third-order valence-corrected chi connectivity index (χ3v) is 6.13. The van der Waals surface area contributed by atoms with Crippen LogP contribution in [-0.2, 0) is 10.0 Å². The van der Waals surface area contributed by atoms with E-state index in [9.17, 15) is 13.2 Å². The third-order valence-electron chi connectivity index (χ3n) is 4.68. The molecule has 4 aromatic rings. The highest BCUT2D eigenvalue weighted by Crippen LogP contribution is 2.27. The van der Waals surface area contributed by atoms with Crippen LogP contribution in [0, 0.1) is 0 Å². The van der Waals surface area contributed by atoms with Crippen molar-refractivity contribution in [1.82, 2.24) is 19.3 Å². The van der Waals surface area contributed by atoms with E-state index in [1.54, 1.807) is 42.5 Å². The first-order valence-electron chi connectivity index (χ1n) is 8.89. The highest BCUT2D eigenvalue weighted by molar-refractivity contribution is 7.89. The predicted octanol–water partition coefficient (Wildman–Crippen LogP) is 1.52. The maximum Gasteiger partial charge on any atom is 0.267 e. The molecule has 0 bridgehead atoms. The summed E-state index contributed by atoms with van der Waals surface area (Å²) in [5.41, 5.74) is 13.5. The summed E-state index contributed by atoms with van der Waals surface area (Å²) in [5, 5.41) is 0.334. The van der Waals surface area contributed by atoms with Crippen molar-refractivity contribution in [3.05, 3.63) is 71.1 Å². The number of sulfonamides is 1. The molecule has 2 aromatic carbocycles. The zero-order valence-electron chi connectivity index (χ0n) is 15.9. The smallest absolute Gasteiger partial charge is 0.267 e. The van der Waals surface area contributed by atoms with Gasteiger partial charge in [-0.15, -0.1) is 0 Å². The molecular weight excluding hydrogens is 404 g/mol. The Morgan fingerprint density at radius 1 is 1.00 bits per heavy atom. The molecule has 2 aromatic heterocycles. The molecule has 0 atom stereocenters. The average Bonchev–Trinajstić information content (AvgIpc) is 2.74. The van der Waals surface area contributed by atoms with Crippen LogP contribution >= 0.6 is 0 Å². The number of hydrogen-bond donors (Lipinski definition) is 3. The number of nitrogens with two attached hydrogens (primary N) is 2. The van der Waals surface area contributed by atoms with Crippen LogP contribution in [0.25, 0.3) is 27.7 Å². The van der Waals surface area contributed by atoms with Gasteiger partial charge in [0.15, 0.2) is 0 Å². The zero-order valence-corrected chi connectivity index (χ0v) is 16.7. The molecule has 5 N–H and O–H groups in total. The molecule has 9 nitrogen and oxygen atoms in total. The maximum atomic E-state index is 13.2. The largest absolute Gasteiger partial charge is 0.383 e. The summed E-state index contributed by atoms with van der Waals surface area (Å²) in [4.78, 5) is 21.3. The molecule has 0 spiro atoms. The van der Waals surface area contributed by atoms with Crippen molar-refractivity contribution in [2.24, 2.45) is 0 Å². The summed E-state index contributed by atoms with van der Waals surface area (Å²) in [5.74, 6) is -0.0437. The number of pyridine rings is 1. The van der Waals surface area contributed by atoms with Gasteiger partial charge in [-0.3, -0.25) is 4.79 Å². The monoisotopic (exact) mass is 422 g/mol. The molecule has 10 heteroatoms. The number of nitrogens with one attached hydrogen (secondary N) is 1. The van der Waals surface area contributed by atoms with Gasteiger partial charge in [0.2, 0.25) is 16.0 Å². The summed E-state index contributed by atoms with van der Waals surface area (Å²) in [6.07, 6.45) is 1.45. The van der Waals surface area contributed by atoms with Crippen molar-refractivity contribution in [1.29, 1.82) is 0 Å². The summed E-state index contributed by atoms with van der Waals surface area (Å²) in [6.45, 7) is 0. The van der Waals surface area contributed by atoms with Crippen molar-refractivity contribution in [3.8, 4) is 16.8 Å². The molecular formula is C20H18N6O3S. The van der Waals surface area contributed by atoms with Crippen molar-refractivity contribution < 1.29 is 8.42 Å². The summed E-state index contributed by atoms with van der Waals surface area (Å²) < 4.78 is 28.0. The molecule has 0 amide bonds. The van der Waals surface area contributed by atoms with Gasteiger partial charge in [0, 0.05) is 11.8 Å². The minimum absolute atomic E-state index is 0.0722. The number of nitrogens with zero attached hydrogens (tertiary/aromatic N) is 3. The van der Waals surface area contributed by atoms with Gasteiger partial charge in [0.1, 0.15) is 10.7 Å². The van der Waals surface area contributed by atoms with Gasteiger partial charge >= 0.3 is 0 Å². The van der Waals surface area contributed by atoms with Crippen molar-refractivity contribution in [2.75, 3.05) is 18.5 Å². The third kappa shape index (κ3) is 3.27. The Morgan fingerprint density at radius 2 is 1.73 bits per heavy atom. The van der Waals surface area contributed by atoms with Gasteiger partial charge in [-0.2, -0.15) is 0 Å². The number of rotatable bonds is 4. The fraction of sp³-hybridized carbons (Fsp3) is 0.0500. The lowest BCUT2D eigenvalue weighted by Gasteiger charge is -2.12. The highest BCUT2D eigenvalue weighted by Gasteiger charge is 2.18. The van der Waals surface area contributed by atoms with Gasteiger partial charge in [-0.25, -0.2) is 27.7 Å². The zero-order chi connectivity index (χ0) is 21.5. The Labute approximate surface area is 172 Å². The van der Waals surface area contributed by atoms with Gasteiger partial charge in [0.05, 0.1) is 16.6 Å². The first kappa shape index (κ1) is 19.6. The molecule has 0 saturated carbocycles. The second-order valence-corrected chi connectivity index (χ2v) is 8.35. The van der Waals surface area contributed by atoms with Gasteiger partial charge in [-0.05, 0) is 42.9 Å². The van der Waals surface area contributed by atoms with E-state index in [1.807, 2.05) is 6.07 Å². The lowest BCUT2D eigenvalue weighted by molar-refractivity contribution is 0.588. The van der Waals surface area contributed by atoms with E-state index >= 15 is 0 Å². The minimum atomic E-state index is -3.79. The average molecular weight is 422 g/mol. The Balaban J connectivity index is 1.93. The van der Waals surface area contributed by atoms with E-state index in [-0.39, 0.29) is 22.2 Å². The van der Waals surface area contributed by atoms with Crippen LogP contribution in [-0.4, -0.2) is 30.0 Å². The van der Waals surface area contributed by atoms with E-state index < -0.39 is 10.0 Å². The number of para-hydroxylation sites is 1. The molecule has 0 radical (unpaired) electrons. The molecule has 152 valence electrons. The van der Waals surface area contributed by atoms with Crippen molar-refractivity contribution in [3.63, 3.8) is 0 Å². The number of benzene rings is 2. The SMILES string of the molecule is CNS(=O)(=O)c1cc(-c2ccc3nc(N)n(-c4ccccc4)c(=O)c3c2)cnc1N. The number of fused-ring (bicyclic) bond motifs is 1. The first-order valence-corrected chi connectivity index (χ1v) is 10.4. The van der Waals surface area contributed by atoms with E-state index in [0.717, 1.165) is 0 Å². The first-order chi connectivity index (χ1) is 14.3. The minimum Gasteiger partial charge on any atom is -0.383 e. The molecule has 0 saturated heterocycles. The molecule has 0 fully saturated rings. The Bertz CT molecular complexity index is 1430. The Hall–Kier alpha value is -3.76. The van der Waals surface area contributed by atoms with Crippen LogP contribution in [0.15, 0.2) is 70.5 Å². The molecule has 0 aliphatic rings. The summed E-state index contributed by atoms with van der Waals surface area (Å²) in [6, 6.07) is 15.4. The maximum absolute atomic E-state index is 13.2. The standard InChI is InChI=1S/C20H18N6O3S/c1-23-30(28,29)17-10-13(11-24-18(17)21)12-7-8-16-15(9-12)19(27)26(20(22)25-16)14-5-3-2-4-6-14/h2-11,23H,1H3,(H2,21,24)(H2,22,25). The van der Waals surface area contributed by atoms with Crippen LogP contribution in [0.2, 0.25) is 0 Å². The second kappa shape index (κ2) is 7.25. The lowest BCUT2D eigenvalue weighted by Crippen LogP contribution is -2.23. The fourth-order valence-corrected chi connectivity index (χ4v) is 3.98. The molecule has 30 heavy (non-hydrogen) atoms. The fourth-order valence-electron chi connectivity index (χ4n) is 3.15. The normalized spacial score (nSPS) is 11.6. The number of nitrogen functional groups attached to an aromatic ring is 2. The molecule has 0 unspecified atom stereocenters. The van der Waals surface area contributed by atoms with E-state index in [2.05, 4.69) is 14.7 Å². The van der Waals surface area contributed by atoms with Crippen LogP contribution in [0.5, 0.6) is 0 Å². The quantitative estimate of drug-likeness (QED) is 0.452. The second-order valence-electron chi connectivity index (χ2n) is 6.49. The van der Waals surface area contributed by atoms with Crippen LogP contribution in [0.1, 0.15) is 0 Å². The number of aromatic nitrogens is 3. The van der Waals surface area contributed by atoms with Crippen molar-refractivity contribution in [2.45, 2.75) is 4.90 Å². The molecule has 0 aliphatic heterocycles. The molecule has 2 heterocycles. The molecule has 0 aliphatic carbocycles. The van der Waals surface area contributed by atoms with Gasteiger partial charge < -0.3 is 11.5 Å².